The van der Waals surface area contributed by atoms with E-state index in [0.717, 1.165) is 11.4 Å². The minimum atomic E-state index is 0.565. The van der Waals surface area contributed by atoms with E-state index in [1.54, 1.807) is 24.5 Å². The van der Waals surface area contributed by atoms with E-state index in [0.29, 0.717) is 12.1 Å². The molecule has 2 heterocycles. The molecule has 2 aromatic rings. The maximum Gasteiger partial charge on any atom is 0.126 e. The SMILES string of the molecule is Cc1cnccc1CNc1ccc(C#N)cn1. The molecule has 0 bridgehead atoms. The normalized spacial score (nSPS) is 9.65. The van der Waals surface area contributed by atoms with Crippen LogP contribution >= 0.6 is 0 Å². The molecule has 1 N–H and O–H groups in total. The summed E-state index contributed by atoms with van der Waals surface area (Å²) in [5.41, 5.74) is 2.90. The fourth-order valence-corrected chi connectivity index (χ4v) is 1.45. The Balaban J connectivity index is 2.03. The second kappa shape index (κ2) is 5.08. The Labute approximate surface area is 100.0 Å². The van der Waals surface area contributed by atoms with Crippen LogP contribution in [0.1, 0.15) is 16.7 Å². The molecule has 2 aromatic heterocycles. The van der Waals surface area contributed by atoms with Crippen molar-refractivity contribution >= 4 is 5.82 Å². The zero-order chi connectivity index (χ0) is 12.1. The van der Waals surface area contributed by atoms with E-state index in [-0.39, 0.29) is 0 Å². The second-order valence-electron chi connectivity index (χ2n) is 3.70. The molecule has 0 radical (unpaired) electrons. The number of pyridine rings is 2. The van der Waals surface area contributed by atoms with Gasteiger partial charge in [-0.3, -0.25) is 4.98 Å². The molecular weight excluding hydrogens is 212 g/mol. The average Bonchev–Trinajstić information content (AvgIpc) is 2.38. The summed E-state index contributed by atoms with van der Waals surface area (Å²) in [6.45, 7) is 2.73. The summed E-state index contributed by atoms with van der Waals surface area (Å²) < 4.78 is 0. The van der Waals surface area contributed by atoms with Gasteiger partial charge in [-0.25, -0.2) is 4.98 Å². The summed E-state index contributed by atoms with van der Waals surface area (Å²) >= 11 is 0. The molecule has 0 aliphatic rings. The summed E-state index contributed by atoms with van der Waals surface area (Å²) in [6.07, 6.45) is 5.17. The van der Waals surface area contributed by atoms with Crippen molar-refractivity contribution in [3.8, 4) is 6.07 Å². The van der Waals surface area contributed by atoms with Gasteiger partial charge in [-0.15, -0.1) is 0 Å². The number of hydrogen-bond acceptors (Lipinski definition) is 4. The molecule has 0 aliphatic heterocycles. The topological polar surface area (TPSA) is 61.6 Å². The van der Waals surface area contributed by atoms with Crippen LogP contribution in [0.25, 0.3) is 0 Å². The third-order valence-corrected chi connectivity index (χ3v) is 2.49. The molecule has 0 spiro atoms. The third-order valence-electron chi connectivity index (χ3n) is 2.49. The van der Waals surface area contributed by atoms with E-state index >= 15 is 0 Å². The number of hydrogen-bond donors (Lipinski definition) is 1. The standard InChI is InChI=1S/C13H12N4/c1-10-7-15-5-4-12(10)9-17-13-3-2-11(6-14)8-16-13/h2-5,7-8H,9H2,1H3,(H,16,17). The Morgan fingerprint density at radius 3 is 2.82 bits per heavy atom. The number of nitrogens with zero attached hydrogens (tertiary/aromatic N) is 3. The van der Waals surface area contributed by atoms with Crippen LogP contribution < -0.4 is 5.32 Å². The minimum absolute atomic E-state index is 0.565. The lowest BCUT2D eigenvalue weighted by Crippen LogP contribution is -2.03. The number of anilines is 1. The van der Waals surface area contributed by atoms with Crippen LogP contribution in [-0.4, -0.2) is 9.97 Å². The first kappa shape index (κ1) is 11.1. The quantitative estimate of drug-likeness (QED) is 0.868. The summed E-state index contributed by atoms with van der Waals surface area (Å²) in [5, 5.41) is 11.9. The molecule has 84 valence electrons. The molecule has 0 aliphatic carbocycles. The lowest BCUT2D eigenvalue weighted by Gasteiger charge is -2.07. The van der Waals surface area contributed by atoms with Gasteiger partial charge in [0.25, 0.3) is 0 Å². The molecule has 0 saturated heterocycles. The van der Waals surface area contributed by atoms with Crippen LogP contribution in [0.3, 0.4) is 0 Å². The Morgan fingerprint density at radius 1 is 1.29 bits per heavy atom. The summed E-state index contributed by atoms with van der Waals surface area (Å²) in [6, 6.07) is 7.56. The summed E-state index contributed by atoms with van der Waals surface area (Å²) in [7, 11) is 0. The van der Waals surface area contributed by atoms with Crippen LogP contribution in [0, 0.1) is 18.3 Å². The van der Waals surface area contributed by atoms with Gasteiger partial charge in [0.2, 0.25) is 0 Å². The van der Waals surface area contributed by atoms with Crippen molar-refractivity contribution in [3.63, 3.8) is 0 Å². The van der Waals surface area contributed by atoms with Crippen molar-refractivity contribution in [2.24, 2.45) is 0 Å². The first-order valence-corrected chi connectivity index (χ1v) is 5.29. The monoisotopic (exact) mass is 224 g/mol. The Hall–Kier alpha value is -2.41. The number of aryl methyl sites for hydroxylation is 1. The van der Waals surface area contributed by atoms with Gasteiger partial charge in [0, 0.05) is 25.1 Å². The fourth-order valence-electron chi connectivity index (χ4n) is 1.45. The highest BCUT2D eigenvalue weighted by Gasteiger charge is 1.98. The number of nitrogens with one attached hydrogen (secondary N) is 1. The second-order valence-corrected chi connectivity index (χ2v) is 3.70. The predicted octanol–water partition coefficient (Wildman–Crippen LogP) is 2.27. The summed E-state index contributed by atoms with van der Waals surface area (Å²) in [5.74, 6) is 0.764. The maximum absolute atomic E-state index is 8.66. The van der Waals surface area contributed by atoms with E-state index in [1.807, 2.05) is 25.3 Å². The molecule has 17 heavy (non-hydrogen) atoms. The predicted molar refractivity (Wildman–Crippen MR) is 65.3 cm³/mol. The van der Waals surface area contributed by atoms with Crippen molar-refractivity contribution in [1.29, 1.82) is 5.26 Å². The first-order valence-electron chi connectivity index (χ1n) is 5.29. The van der Waals surface area contributed by atoms with Gasteiger partial charge in [0.1, 0.15) is 11.9 Å². The molecule has 4 nitrogen and oxygen atoms in total. The third kappa shape index (κ3) is 2.79. The Kier molecular flexibility index (Phi) is 3.31. The van der Waals surface area contributed by atoms with Gasteiger partial charge >= 0.3 is 0 Å². The van der Waals surface area contributed by atoms with E-state index in [9.17, 15) is 0 Å². The van der Waals surface area contributed by atoms with Gasteiger partial charge in [0.05, 0.1) is 5.56 Å². The molecule has 0 saturated carbocycles. The van der Waals surface area contributed by atoms with Gasteiger partial charge in [-0.1, -0.05) is 0 Å². The van der Waals surface area contributed by atoms with E-state index in [2.05, 4.69) is 15.3 Å². The molecule has 0 unspecified atom stereocenters. The lowest BCUT2D eigenvalue weighted by molar-refractivity contribution is 1.07. The number of rotatable bonds is 3. The maximum atomic E-state index is 8.66. The molecular formula is C13H12N4. The van der Waals surface area contributed by atoms with Crippen molar-refractivity contribution in [2.75, 3.05) is 5.32 Å². The van der Waals surface area contributed by atoms with Crippen molar-refractivity contribution in [1.82, 2.24) is 9.97 Å². The van der Waals surface area contributed by atoms with Crippen LogP contribution in [0.5, 0.6) is 0 Å². The smallest absolute Gasteiger partial charge is 0.126 e. The molecule has 0 atom stereocenters. The first-order chi connectivity index (χ1) is 8.29. The van der Waals surface area contributed by atoms with Crippen molar-refractivity contribution in [2.45, 2.75) is 13.5 Å². The van der Waals surface area contributed by atoms with E-state index in [4.69, 9.17) is 5.26 Å². The molecule has 2 rings (SSSR count). The minimum Gasteiger partial charge on any atom is -0.366 e. The van der Waals surface area contributed by atoms with E-state index < -0.39 is 0 Å². The zero-order valence-corrected chi connectivity index (χ0v) is 9.51. The highest BCUT2D eigenvalue weighted by molar-refractivity contribution is 5.40. The number of nitriles is 1. The van der Waals surface area contributed by atoms with Gasteiger partial charge < -0.3 is 5.32 Å². The fraction of sp³-hybridized carbons (Fsp3) is 0.154. The largest absolute Gasteiger partial charge is 0.366 e. The highest BCUT2D eigenvalue weighted by atomic mass is 15.0. The van der Waals surface area contributed by atoms with Gasteiger partial charge in [-0.2, -0.15) is 5.26 Å². The van der Waals surface area contributed by atoms with E-state index in [1.165, 1.54) is 5.56 Å². The van der Waals surface area contributed by atoms with Crippen LogP contribution in [0.4, 0.5) is 5.82 Å². The lowest BCUT2D eigenvalue weighted by atomic mass is 10.1. The van der Waals surface area contributed by atoms with Gasteiger partial charge in [0.15, 0.2) is 0 Å². The molecule has 0 fully saturated rings. The van der Waals surface area contributed by atoms with Crippen molar-refractivity contribution < 1.29 is 0 Å². The van der Waals surface area contributed by atoms with Crippen molar-refractivity contribution in [3.05, 3.63) is 53.5 Å². The molecule has 4 heteroatoms. The van der Waals surface area contributed by atoms with Crippen LogP contribution in [0.15, 0.2) is 36.8 Å². The number of aromatic nitrogens is 2. The van der Waals surface area contributed by atoms with Crippen LogP contribution in [-0.2, 0) is 6.54 Å². The molecule has 0 amide bonds. The Bertz CT molecular complexity index is 540. The van der Waals surface area contributed by atoms with Gasteiger partial charge in [-0.05, 0) is 36.2 Å². The van der Waals surface area contributed by atoms with Crippen LogP contribution in [0.2, 0.25) is 0 Å². The molecule has 0 aromatic carbocycles. The Morgan fingerprint density at radius 2 is 2.18 bits per heavy atom. The zero-order valence-electron chi connectivity index (χ0n) is 9.51. The average molecular weight is 224 g/mol. The highest BCUT2D eigenvalue weighted by Crippen LogP contribution is 2.09. The summed E-state index contributed by atoms with van der Waals surface area (Å²) in [4.78, 5) is 8.19.